The Morgan fingerprint density at radius 2 is 1.70 bits per heavy atom. The molecule has 2 aromatic rings. The molecular formula is C30H35F4N3O6S. The number of aromatic carboxylic acids is 1. The van der Waals surface area contributed by atoms with Crippen molar-refractivity contribution >= 4 is 35.5 Å². The number of carboxylic acids is 1. The van der Waals surface area contributed by atoms with Crippen molar-refractivity contribution in [3.05, 3.63) is 70.8 Å². The van der Waals surface area contributed by atoms with Gasteiger partial charge in [0.15, 0.2) is 0 Å². The van der Waals surface area contributed by atoms with Gasteiger partial charge in [0, 0.05) is 36.1 Å². The number of alkyl halides is 2. The molecule has 0 bridgehead atoms. The number of aliphatic hydroxyl groups excluding tert-OH is 1. The fourth-order valence-electron chi connectivity index (χ4n) is 4.73. The summed E-state index contributed by atoms with van der Waals surface area (Å²) in [6.07, 6.45) is -5.71. The number of benzene rings is 2. The molecule has 1 aliphatic heterocycles. The molecule has 0 aromatic heterocycles. The van der Waals surface area contributed by atoms with Gasteiger partial charge in [-0.3, -0.25) is 14.4 Å². The molecule has 44 heavy (non-hydrogen) atoms. The summed E-state index contributed by atoms with van der Waals surface area (Å²) >= 11 is 1.50. The smallest absolute Gasteiger partial charge is 0.335 e. The number of nitrogens with zero attached hydrogens (tertiary/aromatic N) is 1. The Hall–Kier alpha value is -3.65. The third kappa shape index (κ3) is 9.42. The van der Waals surface area contributed by atoms with E-state index in [1.54, 1.807) is 13.8 Å². The van der Waals surface area contributed by atoms with Crippen LogP contribution in [0.25, 0.3) is 0 Å². The maximum absolute atomic E-state index is 14.2. The average Bonchev–Trinajstić information content (AvgIpc) is 3.40. The van der Waals surface area contributed by atoms with Crippen molar-refractivity contribution in [1.29, 1.82) is 0 Å². The first-order chi connectivity index (χ1) is 20.8. The fourth-order valence-corrected chi connectivity index (χ4v) is 5.94. The summed E-state index contributed by atoms with van der Waals surface area (Å²) in [5.74, 6) is -6.26. The second-order valence-corrected chi connectivity index (χ2v) is 12.1. The standard InChI is InChI=1S/C30H35F4N3O6S/c1-16(2)26(38)29(41)37-14-19(44-15-17-6-4-3-5-7-17)12-24(37)28(40)36-23(13-25(33)34)27(39)35-9-8-20-21(31)10-18(30(42)43)11-22(20)32/h3-7,10-11,16,19,23-26,38H,8-9,12-15H2,1-2H3,(H,35,39)(H,36,40)(H,42,43)/t19-,23+,24?,26+/m1/s1. The van der Waals surface area contributed by atoms with E-state index < -0.39 is 96.4 Å². The van der Waals surface area contributed by atoms with Crippen LogP contribution in [0.4, 0.5) is 17.6 Å². The lowest BCUT2D eigenvalue weighted by Gasteiger charge is -2.28. The zero-order valence-corrected chi connectivity index (χ0v) is 25.0. The van der Waals surface area contributed by atoms with E-state index in [0.717, 1.165) is 5.56 Å². The Kier molecular flexibility index (Phi) is 12.6. The van der Waals surface area contributed by atoms with Crippen molar-refractivity contribution in [3.63, 3.8) is 0 Å². The summed E-state index contributed by atoms with van der Waals surface area (Å²) in [7, 11) is 0. The van der Waals surface area contributed by atoms with E-state index in [0.29, 0.717) is 17.9 Å². The number of carboxylic acid groups (broad SMARTS) is 1. The number of halogens is 4. The van der Waals surface area contributed by atoms with Gasteiger partial charge in [0.05, 0.1) is 5.56 Å². The van der Waals surface area contributed by atoms with Crippen LogP contribution in [0.2, 0.25) is 0 Å². The van der Waals surface area contributed by atoms with E-state index in [1.165, 1.54) is 16.7 Å². The van der Waals surface area contributed by atoms with Crippen LogP contribution in [0.1, 0.15) is 48.2 Å². The van der Waals surface area contributed by atoms with Gasteiger partial charge in [-0.2, -0.15) is 11.8 Å². The van der Waals surface area contributed by atoms with E-state index >= 15 is 0 Å². The third-order valence-electron chi connectivity index (χ3n) is 7.17. The van der Waals surface area contributed by atoms with Crippen molar-refractivity contribution in [2.75, 3.05) is 13.1 Å². The highest BCUT2D eigenvalue weighted by atomic mass is 32.2. The number of aliphatic hydroxyl groups is 1. The summed E-state index contributed by atoms with van der Waals surface area (Å²) in [6, 6.07) is 7.88. The molecule has 1 aliphatic rings. The molecule has 1 saturated heterocycles. The van der Waals surface area contributed by atoms with Crippen LogP contribution in [0.5, 0.6) is 0 Å². The Morgan fingerprint density at radius 3 is 2.27 bits per heavy atom. The first kappa shape index (κ1) is 34.8. The van der Waals surface area contributed by atoms with Gasteiger partial charge in [0.1, 0.15) is 29.8 Å². The van der Waals surface area contributed by atoms with Gasteiger partial charge in [-0.05, 0) is 36.5 Å². The quantitative estimate of drug-likeness (QED) is 0.232. The minimum atomic E-state index is -3.00. The molecule has 0 saturated carbocycles. The van der Waals surface area contributed by atoms with E-state index in [4.69, 9.17) is 5.11 Å². The van der Waals surface area contributed by atoms with E-state index in [1.807, 2.05) is 30.3 Å². The second-order valence-electron chi connectivity index (χ2n) is 10.8. The maximum atomic E-state index is 14.2. The normalized spacial score (nSPS) is 17.9. The van der Waals surface area contributed by atoms with Gasteiger partial charge in [-0.15, -0.1) is 0 Å². The highest BCUT2D eigenvalue weighted by Gasteiger charge is 2.43. The van der Waals surface area contributed by atoms with E-state index in [2.05, 4.69) is 10.6 Å². The SMILES string of the molecule is CC(C)[C@H](O)C(=O)N1C[C@H](SCc2ccccc2)CC1C(=O)N[C@@H](CC(F)F)C(=O)NCCc1c(F)cc(C(=O)O)cc1F. The number of amides is 3. The minimum absolute atomic E-state index is 0.127. The van der Waals surface area contributed by atoms with Crippen molar-refractivity contribution < 1.29 is 47.0 Å². The lowest BCUT2D eigenvalue weighted by atomic mass is 10.1. The Balaban J connectivity index is 1.69. The number of thioether (sulfide) groups is 1. The van der Waals surface area contributed by atoms with Gasteiger partial charge in [0.25, 0.3) is 5.91 Å². The number of nitrogens with one attached hydrogen (secondary N) is 2. The third-order valence-corrected chi connectivity index (χ3v) is 8.48. The molecule has 0 radical (unpaired) electrons. The lowest BCUT2D eigenvalue weighted by Crippen LogP contribution is -2.55. The monoisotopic (exact) mass is 641 g/mol. The molecule has 4 atom stereocenters. The molecular weight excluding hydrogens is 606 g/mol. The predicted molar refractivity (Wildman–Crippen MR) is 155 cm³/mol. The first-order valence-electron chi connectivity index (χ1n) is 14.0. The van der Waals surface area contributed by atoms with Crippen molar-refractivity contribution in [1.82, 2.24) is 15.5 Å². The number of hydrogen-bond donors (Lipinski definition) is 4. The van der Waals surface area contributed by atoms with Gasteiger partial charge in [0.2, 0.25) is 18.2 Å². The molecule has 1 heterocycles. The fraction of sp³-hybridized carbons (Fsp3) is 0.467. The van der Waals surface area contributed by atoms with Crippen molar-refractivity contribution in [3.8, 4) is 0 Å². The average molecular weight is 642 g/mol. The van der Waals surface area contributed by atoms with Crippen LogP contribution in [0, 0.1) is 17.6 Å². The maximum Gasteiger partial charge on any atom is 0.335 e. The molecule has 2 aromatic carbocycles. The molecule has 4 N–H and O–H groups in total. The Morgan fingerprint density at radius 1 is 1.07 bits per heavy atom. The number of carbonyl (C=O) groups excluding carboxylic acids is 3. The molecule has 9 nitrogen and oxygen atoms in total. The molecule has 1 unspecified atom stereocenters. The van der Waals surface area contributed by atoms with Gasteiger partial charge in [-0.25, -0.2) is 22.4 Å². The number of rotatable bonds is 14. The molecule has 3 rings (SSSR count). The molecule has 0 aliphatic carbocycles. The van der Waals surface area contributed by atoms with Crippen LogP contribution >= 0.6 is 11.8 Å². The first-order valence-corrected chi connectivity index (χ1v) is 15.0. The summed E-state index contributed by atoms with van der Waals surface area (Å²) in [5, 5.41) is 23.7. The van der Waals surface area contributed by atoms with Crippen molar-refractivity contribution in [2.45, 2.75) is 68.7 Å². The number of likely N-dealkylation sites (tertiary alicyclic amines) is 1. The topological polar surface area (TPSA) is 136 Å². The highest BCUT2D eigenvalue weighted by Crippen LogP contribution is 2.31. The molecule has 14 heteroatoms. The van der Waals surface area contributed by atoms with Gasteiger partial charge >= 0.3 is 5.97 Å². The van der Waals surface area contributed by atoms with Gasteiger partial charge in [-0.1, -0.05) is 44.2 Å². The number of carbonyl (C=O) groups is 4. The van der Waals surface area contributed by atoms with Crippen LogP contribution in [-0.4, -0.2) is 81.8 Å². The van der Waals surface area contributed by atoms with Crippen LogP contribution < -0.4 is 10.6 Å². The Bertz CT molecular complexity index is 1310. The highest BCUT2D eigenvalue weighted by molar-refractivity contribution is 7.99. The van der Waals surface area contributed by atoms with E-state index in [9.17, 15) is 41.8 Å². The Labute approximate surface area is 256 Å². The zero-order valence-electron chi connectivity index (χ0n) is 24.1. The second kappa shape index (κ2) is 15.9. The lowest BCUT2D eigenvalue weighted by molar-refractivity contribution is -0.147. The number of hydrogen-bond acceptors (Lipinski definition) is 6. The van der Waals surface area contributed by atoms with E-state index in [-0.39, 0.29) is 18.2 Å². The predicted octanol–water partition coefficient (Wildman–Crippen LogP) is 3.38. The van der Waals surface area contributed by atoms with Crippen LogP contribution in [0.3, 0.4) is 0 Å². The van der Waals surface area contributed by atoms with Gasteiger partial charge < -0.3 is 25.7 Å². The minimum Gasteiger partial charge on any atom is -0.478 e. The van der Waals surface area contributed by atoms with Crippen LogP contribution in [0.15, 0.2) is 42.5 Å². The molecule has 240 valence electrons. The van der Waals surface area contributed by atoms with Crippen molar-refractivity contribution in [2.24, 2.45) is 5.92 Å². The summed E-state index contributed by atoms with van der Waals surface area (Å²) in [4.78, 5) is 51.5. The molecule has 0 spiro atoms. The molecule has 1 fully saturated rings. The molecule has 3 amide bonds. The summed E-state index contributed by atoms with van der Waals surface area (Å²) < 4.78 is 55.3. The summed E-state index contributed by atoms with van der Waals surface area (Å²) in [5.41, 5.74) is -0.0853. The summed E-state index contributed by atoms with van der Waals surface area (Å²) in [6.45, 7) is 3.00. The van der Waals surface area contributed by atoms with Crippen LogP contribution in [-0.2, 0) is 26.6 Å². The zero-order chi connectivity index (χ0) is 32.6. The largest absolute Gasteiger partial charge is 0.478 e.